The number of aromatic nitrogens is 2. The minimum Gasteiger partial charge on any atom is -0.455 e. The van der Waals surface area contributed by atoms with Crippen LogP contribution in [0.4, 0.5) is 5.82 Å². The van der Waals surface area contributed by atoms with E-state index in [4.69, 9.17) is 20.6 Å². The summed E-state index contributed by atoms with van der Waals surface area (Å²) in [5.74, 6) is 1.72. The third kappa shape index (κ3) is 6.40. The monoisotopic (exact) mass is 427 g/mol. The van der Waals surface area contributed by atoms with Gasteiger partial charge in [0.2, 0.25) is 0 Å². The van der Waals surface area contributed by atoms with E-state index in [2.05, 4.69) is 48.8 Å². The van der Waals surface area contributed by atoms with Crippen molar-refractivity contribution in [2.75, 3.05) is 18.9 Å². The van der Waals surface area contributed by atoms with E-state index in [1.165, 1.54) is 6.20 Å². The fourth-order valence-electron chi connectivity index (χ4n) is 2.36. The standard InChI is InChI=1S/C22H33N5O2Si/c1-16-20(7-8-21(24)27-16)29-18-9-10-26-19(13-18)17(14-23)15-25-11-12-28-30(5,6)22(2,3)4/h7-10,13-15H,11-12,23H2,1-6H3,(H2,24,27). The number of hydrogen-bond donors (Lipinski definition) is 2. The molecule has 2 heterocycles. The van der Waals surface area contributed by atoms with Gasteiger partial charge in [0.25, 0.3) is 0 Å². The van der Waals surface area contributed by atoms with Gasteiger partial charge in [0.1, 0.15) is 17.3 Å². The average molecular weight is 428 g/mol. The second kappa shape index (κ2) is 9.86. The van der Waals surface area contributed by atoms with E-state index in [0.717, 1.165) is 0 Å². The van der Waals surface area contributed by atoms with E-state index in [9.17, 15) is 0 Å². The summed E-state index contributed by atoms with van der Waals surface area (Å²) in [5.41, 5.74) is 13.6. The molecule has 0 fully saturated rings. The second-order valence-corrected chi connectivity index (χ2v) is 13.4. The van der Waals surface area contributed by atoms with Gasteiger partial charge in [0.15, 0.2) is 8.32 Å². The molecule has 162 valence electrons. The summed E-state index contributed by atoms with van der Waals surface area (Å²) in [6.45, 7) is 14.1. The van der Waals surface area contributed by atoms with Crippen molar-refractivity contribution in [3.8, 4) is 11.5 Å². The number of pyridine rings is 2. The van der Waals surface area contributed by atoms with Gasteiger partial charge < -0.3 is 20.6 Å². The molecule has 30 heavy (non-hydrogen) atoms. The van der Waals surface area contributed by atoms with Crippen LogP contribution in [-0.4, -0.2) is 37.7 Å². The lowest BCUT2D eigenvalue weighted by atomic mass is 10.2. The van der Waals surface area contributed by atoms with E-state index in [-0.39, 0.29) is 5.04 Å². The molecule has 0 radical (unpaired) electrons. The number of nitrogens with zero attached hydrogens (tertiary/aromatic N) is 3. The van der Waals surface area contributed by atoms with E-state index in [1.807, 2.05) is 13.0 Å². The predicted molar refractivity (Wildman–Crippen MR) is 126 cm³/mol. The van der Waals surface area contributed by atoms with Crippen molar-refractivity contribution in [2.24, 2.45) is 10.7 Å². The molecule has 0 spiro atoms. The molecule has 0 saturated heterocycles. The highest BCUT2D eigenvalue weighted by atomic mass is 28.4. The predicted octanol–water partition coefficient (Wildman–Crippen LogP) is 4.55. The van der Waals surface area contributed by atoms with Crippen LogP contribution in [0.1, 0.15) is 32.2 Å². The lowest BCUT2D eigenvalue weighted by molar-refractivity contribution is 0.298. The first-order valence-corrected chi connectivity index (χ1v) is 12.9. The smallest absolute Gasteiger partial charge is 0.192 e. The summed E-state index contributed by atoms with van der Waals surface area (Å²) in [6, 6.07) is 7.08. The van der Waals surface area contributed by atoms with Crippen LogP contribution in [0.3, 0.4) is 0 Å². The van der Waals surface area contributed by atoms with Gasteiger partial charge in [-0.15, -0.1) is 0 Å². The third-order valence-electron chi connectivity index (χ3n) is 5.21. The van der Waals surface area contributed by atoms with Gasteiger partial charge >= 0.3 is 0 Å². The largest absolute Gasteiger partial charge is 0.455 e. The summed E-state index contributed by atoms with van der Waals surface area (Å²) < 4.78 is 12.1. The Bertz CT molecular complexity index is 920. The Morgan fingerprint density at radius 3 is 2.60 bits per heavy atom. The Balaban J connectivity index is 2.02. The molecule has 7 nitrogen and oxygen atoms in total. The SMILES string of the molecule is Cc1nc(N)ccc1Oc1ccnc(C(C=NCCO[Si](C)(C)C(C)(C)C)=CN)c1. The van der Waals surface area contributed by atoms with Crippen LogP contribution in [0.15, 0.2) is 41.7 Å². The molecule has 0 aliphatic heterocycles. The lowest BCUT2D eigenvalue weighted by Crippen LogP contribution is -2.41. The highest BCUT2D eigenvalue weighted by Crippen LogP contribution is 2.36. The lowest BCUT2D eigenvalue weighted by Gasteiger charge is -2.35. The Morgan fingerprint density at radius 2 is 1.97 bits per heavy atom. The van der Waals surface area contributed by atoms with E-state index < -0.39 is 8.32 Å². The van der Waals surface area contributed by atoms with Gasteiger partial charge in [0.05, 0.1) is 24.5 Å². The molecular weight excluding hydrogens is 394 g/mol. The fourth-order valence-corrected chi connectivity index (χ4v) is 3.40. The van der Waals surface area contributed by atoms with Crippen molar-refractivity contribution in [3.63, 3.8) is 0 Å². The Morgan fingerprint density at radius 1 is 1.23 bits per heavy atom. The summed E-state index contributed by atoms with van der Waals surface area (Å²) >= 11 is 0. The minimum absolute atomic E-state index is 0.182. The number of hydrogen-bond acceptors (Lipinski definition) is 7. The Hall–Kier alpha value is -2.71. The number of nitrogens with two attached hydrogens (primary N) is 2. The van der Waals surface area contributed by atoms with Crippen molar-refractivity contribution >= 4 is 25.9 Å². The number of ether oxygens (including phenoxy) is 1. The Labute approximate surface area is 180 Å². The quantitative estimate of drug-likeness (QED) is 0.363. The number of allylic oxidation sites excluding steroid dienone is 1. The molecule has 2 aromatic heterocycles. The molecule has 0 aromatic carbocycles. The van der Waals surface area contributed by atoms with Gasteiger partial charge in [-0.25, -0.2) is 4.98 Å². The van der Waals surface area contributed by atoms with Gasteiger partial charge in [-0.2, -0.15) is 0 Å². The average Bonchev–Trinajstić information content (AvgIpc) is 2.66. The molecule has 0 saturated carbocycles. The number of aryl methyl sites for hydroxylation is 1. The second-order valence-electron chi connectivity index (χ2n) is 8.56. The molecule has 0 aliphatic rings. The molecule has 8 heteroatoms. The first kappa shape index (κ1) is 23.6. The maximum Gasteiger partial charge on any atom is 0.192 e. The van der Waals surface area contributed by atoms with E-state index >= 15 is 0 Å². The zero-order chi connectivity index (χ0) is 22.4. The summed E-state index contributed by atoms with van der Waals surface area (Å²) in [4.78, 5) is 13.0. The van der Waals surface area contributed by atoms with Gasteiger partial charge in [-0.3, -0.25) is 9.98 Å². The van der Waals surface area contributed by atoms with Crippen LogP contribution in [0, 0.1) is 6.92 Å². The van der Waals surface area contributed by atoms with Crippen molar-refractivity contribution in [1.29, 1.82) is 0 Å². The number of anilines is 1. The van der Waals surface area contributed by atoms with Crippen molar-refractivity contribution in [2.45, 2.75) is 45.8 Å². The molecular formula is C22H33N5O2Si. The number of aliphatic imine (C=N–C) groups is 1. The number of nitrogen functional groups attached to an aromatic ring is 1. The van der Waals surface area contributed by atoms with Crippen molar-refractivity contribution < 1.29 is 9.16 Å². The van der Waals surface area contributed by atoms with E-state index in [1.54, 1.807) is 30.6 Å². The first-order valence-electron chi connectivity index (χ1n) is 9.96. The van der Waals surface area contributed by atoms with Gasteiger partial charge in [-0.1, -0.05) is 20.8 Å². The fraction of sp³-hybridized carbons (Fsp3) is 0.409. The number of rotatable bonds is 8. The molecule has 0 amide bonds. The molecule has 2 aromatic rings. The Kier molecular flexibility index (Phi) is 7.75. The maximum absolute atomic E-state index is 6.14. The van der Waals surface area contributed by atoms with Crippen LogP contribution in [-0.2, 0) is 4.43 Å². The topological polar surface area (TPSA) is 109 Å². The molecule has 4 N–H and O–H groups in total. The molecule has 0 atom stereocenters. The summed E-state index contributed by atoms with van der Waals surface area (Å²) in [6.07, 6.45) is 4.88. The van der Waals surface area contributed by atoms with Crippen molar-refractivity contribution in [3.05, 3.63) is 48.1 Å². The zero-order valence-electron chi connectivity index (χ0n) is 18.8. The summed E-state index contributed by atoms with van der Waals surface area (Å²) in [7, 11) is -1.76. The molecule has 0 bridgehead atoms. The van der Waals surface area contributed by atoms with Crippen LogP contribution < -0.4 is 16.2 Å². The first-order chi connectivity index (χ1) is 14.0. The van der Waals surface area contributed by atoms with Gasteiger partial charge in [0, 0.05) is 30.3 Å². The minimum atomic E-state index is -1.76. The van der Waals surface area contributed by atoms with Crippen molar-refractivity contribution in [1.82, 2.24) is 9.97 Å². The normalized spacial score (nSPS) is 13.1. The van der Waals surface area contributed by atoms with Crippen LogP contribution in [0.2, 0.25) is 18.1 Å². The molecule has 0 aliphatic carbocycles. The molecule has 2 rings (SSSR count). The maximum atomic E-state index is 6.14. The third-order valence-corrected chi connectivity index (χ3v) is 9.75. The molecule has 0 unspecified atom stereocenters. The van der Waals surface area contributed by atoms with E-state index in [0.29, 0.717) is 47.4 Å². The highest BCUT2D eigenvalue weighted by molar-refractivity contribution is 6.74. The summed E-state index contributed by atoms with van der Waals surface area (Å²) in [5, 5.41) is 0.182. The van der Waals surface area contributed by atoms with Crippen LogP contribution >= 0.6 is 0 Å². The zero-order valence-corrected chi connectivity index (χ0v) is 19.8. The highest BCUT2D eigenvalue weighted by Gasteiger charge is 2.36. The van der Waals surface area contributed by atoms with Gasteiger partial charge in [-0.05, 0) is 43.3 Å². The van der Waals surface area contributed by atoms with Crippen LogP contribution in [0.25, 0.3) is 5.57 Å². The van der Waals surface area contributed by atoms with Crippen LogP contribution in [0.5, 0.6) is 11.5 Å².